The molecule has 3 aromatic heterocycles. The number of ether oxygens (including phenoxy) is 3. The van der Waals surface area contributed by atoms with Gasteiger partial charge in [0.1, 0.15) is 29.4 Å². The van der Waals surface area contributed by atoms with Gasteiger partial charge in [-0.2, -0.15) is 0 Å². The fourth-order valence-corrected chi connectivity index (χ4v) is 5.14. The second kappa shape index (κ2) is 8.08. The molecule has 10 heteroatoms. The zero-order valence-electron chi connectivity index (χ0n) is 17.6. The molecule has 1 aliphatic rings. The molecule has 0 aliphatic carbocycles. The van der Waals surface area contributed by atoms with Crippen LogP contribution in [0.3, 0.4) is 0 Å². The second-order valence-electron chi connectivity index (χ2n) is 7.47. The van der Waals surface area contributed by atoms with Crippen LogP contribution in [0, 0.1) is 5.92 Å². The normalized spacial score (nSPS) is 16.4. The molecule has 1 aromatic carbocycles. The van der Waals surface area contributed by atoms with Crippen molar-refractivity contribution in [1.29, 1.82) is 0 Å². The largest absolute Gasteiger partial charge is 0.496 e. The van der Waals surface area contributed by atoms with E-state index < -0.39 is 0 Å². The van der Waals surface area contributed by atoms with E-state index in [2.05, 4.69) is 23.9 Å². The minimum absolute atomic E-state index is 0.149. The van der Waals surface area contributed by atoms with Crippen LogP contribution in [-0.2, 0) is 0 Å². The Hall–Kier alpha value is -2.72. The van der Waals surface area contributed by atoms with E-state index in [4.69, 9.17) is 23.6 Å². The van der Waals surface area contributed by atoms with Crippen LogP contribution in [0.2, 0.25) is 0 Å². The fraction of sp³-hybridized carbons (Fsp3) is 0.381. The first-order valence-corrected chi connectivity index (χ1v) is 11.7. The van der Waals surface area contributed by atoms with Gasteiger partial charge in [-0.25, -0.2) is 9.50 Å². The van der Waals surface area contributed by atoms with E-state index in [-0.39, 0.29) is 6.04 Å². The predicted molar refractivity (Wildman–Crippen MR) is 123 cm³/mol. The van der Waals surface area contributed by atoms with E-state index in [1.165, 1.54) is 16.4 Å². The number of fused-ring (bicyclic) bond motifs is 2. The van der Waals surface area contributed by atoms with Gasteiger partial charge < -0.3 is 18.6 Å². The summed E-state index contributed by atoms with van der Waals surface area (Å²) < 4.78 is 24.6. The number of aliphatic imine (C=N–C) groups is 1. The van der Waals surface area contributed by atoms with E-state index in [9.17, 15) is 0 Å². The van der Waals surface area contributed by atoms with E-state index in [1.807, 2.05) is 36.2 Å². The topological polar surface area (TPSA) is 83.4 Å². The summed E-state index contributed by atoms with van der Waals surface area (Å²) in [5, 5.41) is 6.95. The van der Waals surface area contributed by atoms with Crippen molar-refractivity contribution in [3.05, 3.63) is 24.4 Å². The highest BCUT2D eigenvalue weighted by molar-refractivity contribution is 8.14. The molecule has 1 aliphatic heterocycles. The third-order valence-electron chi connectivity index (χ3n) is 4.92. The molecule has 1 unspecified atom stereocenters. The monoisotopic (exact) mass is 458 g/mol. The quantitative estimate of drug-likeness (QED) is 0.394. The zero-order chi connectivity index (χ0) is 21.5. The maximum atomic E-state index is 6.18. The SMILES string of the molecule is COc1cc(OCC2CSC(C(C)C)=N2)c2cc(-c3cn4nc(OC)sc4n3)oc2c1. The summed E-state index contributed by atoms with van der Waals surface area (Å²) in [5.41, 5.74) is 1.37. The molecule has 162 valence electrons. The molecular formula is C21H22N4O4S2. The van der Waals surface area contributed by atoms with E-state index in [0.29, 0.717) is 46.3 Å². The second-order valence-corrected chi connectivity index (χ2v) is 9.43. The molecule has 5 rings (SSSR count). The first-order chi connectivity index (χ1) is 15.0. The number of furan rings is 1. The minimum Gasteiger partial charge on any atom is -0.496 e. The van der Waals surface area contributed by atoms with Crippen LogP contribution in [0.15, 0.2) is 33.8 Å². The summed E-state index contributed by atoms with van der Waals surface area (Å²) >= 11 is 3.19. The van der Waals surface area contributed by atoms with Crippen molar-refractivity contribution in [2.45, 2.75) is 19.9 Å². The Morgan fingerprint density at radius 2 is 2.10 bits per heavy atom. The first kappa shape index (κ1) is 20.2. The Morgan fingerprint density at radius 3 is 2.81 bits per heavy atom. The van der Waals surface area contributed by atoms with Gasteiger partial charge >= 0.3 is 0 Å². The van der Waals surface area contributed by atoms with E-state index in [0.717, 1.165) is 16.1 Å². The van der Waals surface area contributed by atoms with Crippen molar-refractivity contribution in [1.82, 2.24) is 14.6 Å². The van der Waals surface area contributed by atoms with Gasteiger partial charge in [0.2, 0.25) is 4.96 Å². The highest BCUT2D eigenvalue weighted by Gasteiger charge is 2.22. The molecule has 4 aromatic rings. The van der Waals surface area contributed by atoms with Crippen LogP contribution in [-0.4, -0.2) is 52.3 Å². The number of imidazole rings is 1. The van der Waals surface area contributed by atoms with Crippen LogP contribution in [0.4, 0.5) is 0 Å². The highest BCUT2D eigenvalue weighted by Crippen LogP contribution is 2.37. The average Bonchev–Trinajstić information content (AvgIpc) is 3.53. The molecule has 8 nitrogen and oxygen atoms in total. The van der Waals surface area contributed by atoms with Crippen molar-refractivity contribution in [3.63, 3.8) is 0 Å². The molecule has 31 heavy (non-hydrogen) atoms. The van der Waals surface area contributed by atoms with Crippen molar-refractivity contribution in [2.75, 3.05) is 26.6 Å². The van der Waals surface area contributed by atoms with Crippen LogP contribution in [0.5, 0.6) is 16.7 Å². The smallest absolute Gasteiger partial charge is 0.294 e. The Balaban J connectivity index is 1.45. The Kier molecular flexibility index (Phi) is 5.27. The molecule has 0 fully saturated rings. The Bertz CT molecular complexity index is 1240. The maximum Gasteiger partial charge on any atom is 0.294 e. The predicted octanol–water partition coefficient (Wildman–Crippen LogP) is 4.77. The number of aromatic nitrogens is 3. The zero-order valence-corrected chi connectivity index (χ0v) is 19.2. The van der Waals surface area contributed by atoms with Crippen LogP contribution >= 0.6 is 23.1 Å². The molecule has 0 amide bonds. The van der Waals surface area contributed by atoms with E-state index >= 15 is 0 Å². The van der Waals surface area contributed by atoms with Gasteiger partial charge in [0, 0.05) is 23.8 Å². The Morgan fingerprint density at radius 1 is 1.23 bits per heavy atom. The molecule has 0 bridgehead atoms. The molecule has 0 spiro atoms. The molecular weight excluding hydrogens is 436 g/mol. The summed E-state index contributed by atoms with van der Waals surface area (Å²) in [6.45, 7) is 4.84. The van der Waals surface area contributed by atoms with Gasteiger partial charge in [-0.3, -0.25) is 4.99 Å². The van der Waals surface area contributed by atoms with Gasteiger partial charge in [0.25, 0.3) is 5.19 Å². The van der Waals surface area contributed by atoms with Gasteiger partial charge in [-0.15, -0.1) is 16.9 Å². The van der Waals surface area contributed by atoms with Gasteiger partial charge in [0.05, 0.1) is 36.9 Å². The number of thioether (sulfide) groups is 1. The van der Waals surface area contributed by atoms with Gasteiger partial charge in [-0.05, 0) is 17.4 Å². The van der Waals surface area contributed by atoms with Crippen molar-refractivity contribution in [2.24, 2.45) is 10.9 Å². The van der Waals surface area contributed by atoms with Crippen LogP contribution in [0.25, 0.3) is 27.4 Å². The number of rotatable bonds is 7. The summed E-state index contributed by atoms with van der Waals surface area (Å²) in [7, 11) is 3.22. The van der Waals surface area contributed by atoms with Gasteiger partial charge in [-0.1, -0.05) is 13.8 Å². The Labute approximate surface area is 187 Å². The van der Waals surface area contributed by atoms with Crippen molar-refractivity contribution >= 4 is 44.1 Å². The van der Waals surface area contributed by atoms with Crippen LogP contribution < -0.4 is 14.2 Å². The molecule has 0 saturated heterocycles. The number of methoxy groups -OCH3 is 2. The number of hydrogen-bond donors (Lipinski definition) is 0. The first-order valence-electron chi connectivity index (χ1n) is 9.89. The minimum atomic E-state index is 0.149. The maximum absolute atomic E-state index is 6.18. The van der Waals surface area contributed by atoms with Crippen LogP contribution in [0.1, 0.15) is 13.8 Å². The molecule has 0 N–H and O–H groups in total. The lowest BCUT2D eigenvalue weighted by atomic mass is 10.2. The number of nitrogens with zero attached hydrogens (tertiary/aromatic N) is 4. The van der Waals surface area contributed by atoms with E-state index in [1.54, 1.807) is 18.7 Å². The third-order valence-corrected chi connectivity index (χ3v) is 7.23. The average molecular weight is 459 g/mol. The number of benzene rings is 1. The lowest BCUT2D eigenvalue weighted by molar-refractivity contribution is 0.301. The third kappa shape index (κ3) is 3.85. The van der Waals surface area contributed by atoms with Crippen molar-refractivity contribution in [3.8, 4) is 28.1 Å². The highest BCUT2D eigenvalue weighted by atomic mass is 32.2. The van der Waals surface area contributed by atoms with Crippen molar-refractivity contribution < 1.29 is 18.6 Å². The summed E-state index contributed by atoms with van der Waals surface area (Å²) in [5.74, 6) is 3.42. The number of hydrogen-bond acceptors (Lipinski definition) is 9. The summed E-state index contributed by atoms with van der Waals surface area (Å²) in [4.78, 5) is 10.1. The lowest BCUT2D eigenvalue weighted by Crippen LogP contribution is -2.15. The molecule has 1 atom stereocenters. The summed E-state index contributed by atoms with van der Waals surface area (Å²) in [6.07, 6.45) is 1.82. The molecule has 0 radical (unpaired) electrons. The molecule has 4 heterocycles. The van der Waals surface area contributed by atoms with Gasteiger partial charge in [0.15, 0.2) is 5.76 Å². The fourth-order valence-electron chi connectivity index (χ4n) is 3.35. The summed E-state index contributed by atoms with van der Waals surface area (Å²) in [6, 6.07) is 5.83. The lowest BCUT2D eigenvalue weighted by Gasteiger charge is -2.11. The standard InChI is InChI=1S/C21H22N4O4S2/c1-11(2)19-22-12(10-30-19)9-28-16-5-13(26-3)6-17-14(16)7-18(29-17)15-8-25-20(23-15)31-21(24-25)27-4/h5-8,11-12H,9-10H2,1-4H3. The molecule has 0 saturated carbocycles.